The maximum atomic E-state index is 12.2. The molecular formula is C19H23F6N3O5. The fraction of sp³-hybridized carbons (Fsp3) is 0.737. The molecule has 1 aromatic rings. The van der Waals surface area contributed by atoms with E-state index >= 15 is 0 Å². The van der Waals surface area contributed by atoms with E-state index in [4.69, 9.17) is 9.15 Å². The minimum Gasteiger partial charge on any atom is -0.425 e. The lowest BCUT2D eigenvalue weighted by molar-refractivity contribution is -0.352. The highest BCUT2D eigenvalue weighted by atomic mass is 19.4. The molecule has 2 saturated carbocycles. The SMILES string of the molecule is C=C(CCc1nnc(C2CC(OC(F)(F)F)C2)o1)NC(=O)CO[C@@H]1CC[C@H](OC(F)(F)F)C1. The second-order valence-corrected chi connectivity index (χ2v) is 7.97. The molecule has 0 spiro atoms. The topological polar surface area (TPSA) is 95.7 Å². The lowest BCUT2D eigenvalue weighted by atomic mass is 9.82. The van der Waals surface area contributed by atoms with Gasteiger partial charge in [0.2, 0.25) is 17.7 Å². The fourth-order valence-electron chi connectivity index (χ4n) is 3.68. The number of rotatable bonds is 10. The van der Waals surface area contributed by atoms with Crippen molar-refractivity contribution in [2.75, 3.05) is 6.61 Å². The van der Waals surface area contributed by atoms with Gasteiger partial charge in [-0.25, -0.2) is 0 Å². The highest BCUT2D eigenvalue weighted by Crippen LogP contribution is 2.40. The quantitative estimate of drug-likeness (QED) is 0.501. The molecule has 0 aromatic carbocycles. The first kappa shape index (κ1) is 25.4. The molecule has 1 aromatic heterocycles. The molecule has 3 rings (SSSR count). The summed E-state index contributed by atoms with van der Waals surface area (Å²) in [5.41, 5.74) is 0.343. The van der Waals surface area contributed by atoms with E-state index in [-0.39, 0.29) is 62.8 Å². The van der Waals surface area contributed by atoms with E-state index in [1.165, 1.54) is 0 Å². The average molecular weight is 487 g/mol. The van der Waals surface area contributed by atoms with Gasteiger partial charge in [-0.2, -0.15) is 0 Å². The van der Waals surface area contributed by atoms with Crippen molar-refractivity contribution in [3.63, 3.8) is 0 Å². The Bertz CT molecular complexity index is 822. The van der Waals surface area contributed by atoms with E-state index in [0.717, 1.165) is 0 Å². The molecule has 1 amide bonds. The van der Waals surface area contributed by atoms with Crippen molar-refractivity contribution in [1.29, 1.82) is 0 Å². The molecule has 14 heteroatoms. The number of nitrogens with zero attached hydrogens (tertiary/aromatic N) is 2. The normalized spacial score (nSPS) is 25.6. The zero-order valence-corrected chi connectivity index (χ0v) is 17.4. The van der Waals surface area contributed by atoms with Gasteiger partial charge in [0.05, 0.1) is 18.3 Å². The van der Waals surface area contributed by atoms with Gasteiger partial charge in [0.15, 0.2) is 0 Å². The molecule has 33 heavy (non-hydrogen) atoms. The molecule has 2 fully saturated rings. The maximum Gasteiger partial charge on any atom is 0.522 e. The third-order valence-corrected chi connectivity index (χ3v) is 5.27. The smallest absolute Gasteiger partial charge is 0.425 e. The van der Waals surface area contributed by atoms with Gasteiger partial charge in [-0.05, 0) is 32.1 Å². The highest BCUT2D eigenvalue weighted by molar-refractivity contribution is 5.78. The van der Waals surface area contributed by atoms with Crippen LogP contribution in [0.1, 0.15) is 56.2 Å². The summed E-state index contributed by atoms with van der Waals surface area (Å²) in [4.78, 5) is 11.9. The van der Waals surface area contributed by atoms with Gasteiger partial charge < -0.3 is 14.5 Å². The molecule has 8 nitrogen and oxygen atoms in total. The Labute approximate surface area is 184 Å². The molecule has 2 aliphatic carbocycles. The van der Waals surface area contributed by atoms with E-state index in [1.807, 2.05) is 0 Å². The van der Waals surface area contributed by atoms with Crippen LogP contribution in [0.25, 0.3) is 0 Å². The molecule has 2 atom stereocenters. The van der Waals surface area contributed by atoms with Crippen LogP contribution >= 0.6 is 0 Å². The second-order valence-electron chi connectivity index (χ2n) is 7.97. The fourth-order valence-corrected chi connectivity index (χ4v) is 3.68. The Kier molecular flexibility index (Phi) is 8.00. The number of carbonyl (C=O) groups is 1. The predicted octanol–water partition coefficient (Wildman–Crippen LogP) is 3.89. The lowest BCUT2D eigenvalue weighted by Gasteiger charge is -2.32. The predicted molar refractivity (Wildman–Crippen MR) is 97.3 cm³/mol. The van der Waals surface area contributed by atoms with Gasteiger partial charge in [-0.1, -0.05) is 6.58 Å². The van der Waals surface area contributed by atoms with Crippen LogP contribution in [0.5, 0.6) is 0 Å². The second kappa shape index (κ2) is 10.4. The molecule has 1 heterocycles. The van der Waals surface area contributed by atoms with Gasteiger partial charge in [-0.3, -0.25) is 14.3 Å². The summed E-state index contributed by atoms with van der Waals surface area (Å²) in [6, 6.07) is 0. The van der Waals surface area contributed by atoms with Crippen LogP contribution in [0.2, 0.25) is 0 Å². The number of aromatic nitrogens is 2. The van der Waals surface area contributed by atoms with Crippen LogP contribution in [0.15, 0.2) is 16.7 Å². The maximum absolute atomic E-state index is 12.2. The van der Waals surface area contributed by atoms with Crippen LogP contribution in [-0.2, 0) is 25.4 Å². The van der Waals surface area contributed by atoms with E-state index in [2.05, 4.69) is 31.6 Å². The minimum absolute atomic E-state index is 0.0529. The minimum atomic E-state index is -4.70. The highest BCUT2D eigenvalue weighted by Gasteiger charge is 2.42. The number of halogens is 6. The number of hydrogen-bond acceptors (Lipinski definition) is 7. The molecule has 0 radical (unpaired) electrons. The van der Waals surface area contributed by atoms with Crippen molar-refractivity contribution >= 4 is 5.91 Å². The Balaban J connectivity index is 1.30. The van der Waals surface area contributed by atoms with Crippen LogP contribution in [0.3, 0.4) is 0 Å². The van der Waals surface area contributed by atoms with Crippen LogP contribution in [0.4, 0.5) is 26.3 Å². The molecular weight excluding hydrogens is 464 g/mol. The molecule has 0 saturated heterocycles. The number of ether oxygens (including phenoxy) is 3. The number of amides is 1. The number of nitrogens with one attached hydrogen (secondary N) is 1. The van der Waals surface area contributed by atoms with E-state index in [1.54, 1.807) is 0 Å². The molecule has 1 N–H and O–H groups in total. The molecule has 0 aliphatic heterocycles. The largest absolute Gasteiger partial charge is 0.522 e. The third kappa shape index (κ3) is 8.59. The number of aryl methyl sites for hydroxylation is 1. The van der Waals surface area contributed by atoms with Crippen LogP contribution < -0.4 is 5.32 Å². The van der Waals surface area contributed by atoms with E-state index in [9.17, 15) is 31.1 Å². The Morgan fingerprint density at radius 2 is 1.64 bits per heavy atom. The third-order valence-electron chi connectivity index (χ3n) is 5.27. The summed E-state index contributed by atoms with van der Waals surface area (Å²) in [6.45, 7) is 3.37. The monoisotopic (exact) mass is 487 g/mol. The summed E-state index contributed by atoms with van der Waals surface area (Å²) < 4.78 is 91.8. The standard InChI is InChI=1S/C19H23F6N3O5/c1-10(26-15(29)9-30-12-3-4-13(8-12)32-18(20,21)22)2-5-16-27-28-17(31-16)11-6-14(7-11)33-19(23,24)25/h11-14H,1-9H2,(H,26,29)/t11?,12-,13+,14?/m1/s1. The van der Waals surface area contributed by atoms with Crippen molar-refractivity contribution in [2.24, 2.45) is 0 Å². The summed E-state index contributed by atoms with van der Waals surface area (Å²) in [5.74, 6) is -0.315. The molecule has 186 valence electrons. The number of carbonyl (C=O) groups excluding carboxylic acids is 1. The van der Waals surface area contributed by atoms with Crippen molar-refractivity contribution in [2.45, 2.75) is 81.9 Å². The van der Waals surface area contributed by atoms with Gasteiger partial charge in [0.1, 0.15) is 6.61 Å². The van der Waals surface area contributed by atoms with E-state index < -0.39 is 36.9 Å². The average Bonchev–Trinajstić information content (AvgIpc) is 3.28. The van der Waals surface area contributed by atoms with Crippen LogP contribution in [0, 0.1) is 0 Å². The first-order valence-electron chi connectivity index (χ1n) is 10.3. The summed E-state index contributed by atoms with van der Waals surface area (Å²) in [7, 11) is 0. The molecule has 0 bridgehead atoms. The van der Waals surface area contributed by atoms with Crippen molar-refractivity contribution in [3.8, 4) is 0 Å². The van der Waals surface area contributed by atoms with Crippen molar-refractivity contribution in [3.05, 3.63) is 24.1 Å². The van der Waals surface area contributed by atoms with Crippen LogP contribution in [-0.4, -0.2) is 53.7 Å². The zero-order chi connectivity index (χ0) is 24.2. The number of hydrogen-bond donors (Lipinski definition) is 1. The van der Waals surface area contributed by atoms with Gasteiger partial charge >= 0.3 is 12.7 Å². The van der Waals surface area contributed by atoms with Gasteiger partial charge in [0, 0.05) is 24.5 Å². The number of alkyl halides is 6. The summed E-state index contributed by atoms with van der Waals surface area (Å²) in [5, 5.41) is 10.2. The number of allylic oxidation sites excluding steroid dienone is 1. The van der Waals surface area contributed by atoms with Gasteiger partial charge in [0.25, 0.3) is 0 Å². The summed E-state index contributed by atoms with van der Waals surface area (Å²) in [6.07, 6.45) is -10.4. The first-order chi connectivity index (χ1) is 15.4. The van der Waals surface area contributed by atoms with Crippen molar-refractivity contribution < 1.29 is 49.8 Å². The Morgan fingerprint density at radius 1 is 1.00 bits per heavy atom. The zero-order valence-electron chi connectivity index (χ0n) is 17.4. The lowest BCUT2D eigenvalue weighted by Crippen LogP contribution is -2.34. The Hall–Kier alpha value is -2.19. The van der Waals surface area contributed by atoms with E-state index in [0.29, 0.717) is 12.1 Å². The summed E-state index contributed by atoms with van der Waals surface area (Å²) >= 11 is 0. The van der Waals surface area contributed by atoms with Gasteiger partial charge in [-0.15, -0.1) is 36.5 Å². The first-order valence-corrected chi connectivity index (χ1v) is 10.3. The molecule has 0 unspecified atom stereocenters. The molecule has 2 aliphatic rings. The van der Waals surface area contributed by atoms with Crippen molar-refractivity contribution in [1.82, 2.24) is 15.5 Å². The Morgan fingerprint density at radius 3 is 2.30 bits per heavy atom.